The Kier molecular flexibility index (Phi) is 3.93. The van der Waals surface area contributed by atoms with Crippen molar-refractivity contribution < 1.29 is 13.2 Å². The average Bonchev–Trinajstić information content (AvgIpc) is 3.25. The quantitative estimate of drug-likeness (QED) is 0.655. The molecule has 3 heterocycles. The van der Waals surface area contributed by atoms with Crippen molar-refractivity contribution in [1.29, 1.82) is 0 Å². The summed E-state index contributed by atoms with van der Waals surface area (Å²) in [6.45, 7) is 0. The lowest BCUT2D eigenvalue weighted by molar-refractivity contribution is -0.137. The molecule has 136 valence electrons. The number of anilines is 2. The normalized spacial score (nSPS) is 15.7. The van der Waals surface area contributed by atoms with Gasteiger partial charge in [-0.1, -0.05) is 12.8 Å². The van der Waals surface area contributed by atoms with E-state index >= 15 is 0 Å². The first-order chi connectivity index (χ1) is 12.4. The van der Waals surface area contributed by atoms with Gasteiger partial charge in [0.15, 0.2) is 0 Å². The number of halogens is 3. The second kappa shape index (κ2) is 6.15. The maximum absolute atomic E-state index is 13.0. The Bertz CT molecular complexity index is 943. The second-order valence-corrected chi connectivity index (χ2v) is 6.44. The summed E-state index contributed by atoms with van der Waals surface area (Å²) in [6.07, 6.45) is 3.79. The van der Waals surface area contributed by atoms with Crippen molar-refractivity contribution in [3.05, 3.63) is 30.2 Å². The molecule has 1 aliphatic rings. The molecule has 4 rings (SSSR count). The van der Waals surface area contributed by atoms with Crippen LogP contribution in [0.3, 0.4) is 0 Å². The van der Waals surface area contributed by atoms with Gasteiger partial charge in [-0.15, -0.1) is 0 Å². The van der Waals surface area contributed by atoms with Gasteiger partial charge in [0, 0.05) is 29.4 Å². The van der Waals surface area contributed by atoms with Crippen LogP contribution in [0.2, 0.25) is 0 Å². The second-order valence-electron chi connectivity index (χ2n) is 6.44. The van der Waals surface area contributed by atoms with E-state index in [1.165, 1.54) is 6.20 Å². The van der Waals surface area contributed by atoms with Crippen molar-refractivity contribution in [3.63, 3.8) is 0 Å². The molecule has 26 heavy (non-hydrogen) atoms. The minimum Gasteiger partial charge on any atom is -0.396 e. The van der Waals surface area contributed by atoms with Gasteiger partial charge in [0.2, 0.25) is 5.95 Å². The van der Waals surface area contributed by atoms with E-state index < -0.39 is 11.7 Å². The third-order valence-electron chi connectivity index (χ3n) is 4.62. The van der Waals surface area contributed by atoms with Crippen LogP contribution in [0.4, 0.5) is 24.8 Å². The highest BCUT2D eigenvalue weighted by atomic mass is 19.4. The molecule has 6 nitrogen and oxygen atoms in total. The first kappa shape index (κ1) is 16.6. The van der Waals surface area contributed by atoms with E-state index in [9.17, 15) is 13.2 Å². The van der Waals surface area contributed by atoms with E-state index in [1.54, 1.807) is 6.20 Å². The Morgan fingerprint density at radius 1 is 1.15 bits per heavy atom. The molecule has 1 fully saturated rings. The van der Waals surface area contributed by atoms with Gasteiger partial charge in [0.05, 0.1) is 17.4 Å². The Balaban J connectivity index is 1.76. The molecule has 0 bridgehead atoms. The summed E-state index contributed by atoms with van der Waals surface area (Å²) in [5.74, 6) is 0.426. The van der Waals surface area contributed by atoms with Gasteiger partial charge < -0.3 is 16.0 Å². The van der Waals surface area contributed by atoms with Crippen molar-refractivity contribution in [3.8, 4) is 11.3 Å². The van der Waals surface area contributed by atoms with Crippen LogP contribution in [0.25, 0.3) is 22.3 Å². The summed E-state index contributed by atoms with van der Waals surface area (Å²) < 4.78 is 39.0. The van der Waals surface area contributed by atoms with Crippen LogP contribution in [0.1, 0.15) is 31.2 Å². The Morgan fingerprint density at radius 3 is 2.65 bits per heavy atom. The van der Waals surface area contributed by atoms with Gasteiger partial charge in [-0.2, -0.15) is 13.2 Å². The van der Waals surface area contributed by atoms with E-state index in [1.807, 2.05) is 0 Å². The number of fused-ring (bicyclic) bond motifs is 1. The third kappa shape index (κ3) is 3.04. The molecule has 9 heteroatoms. The third-order valence-corrected chi connectivity index (χ3v) is 4.62. The maximum atomic E-state index is 13.0. The molecular formula is C17H17F3N6. The lowest BCUT2D eigenvalue weighted by atomic mass is 10.1. The summed E-state index contributed by atoms with van der Waals surface area (Å²) in [4.78, 5) is 15.4. The number of rotatable bonds is 3. The van der Waals surface area contributed by atoms with E-state index in [0.29, 0.717) is 40.0 Å². The van der Waals surface area contributed by atoms with Crippen LogP contribution in [0, 0.1) is 0 Å². The van der Waals surface area contributed by atoms with Crippen molar-refractivity contribution >= 4 is 22.7 Å². The molecule has 0 atom stereocenters. The highest BCUT2D eigenvalue weighted by Gasteiger charge is 2.31. The molecule has 0 saturated heterocycles. The molecule has 0 aromatic carbocycles. The minimum atomic E-state index is -4.47. The number of pyridine rings is 1. The van der Waals surface area contributed by atoms with Gasteiger partial charge in [0.1, 0.15) is 11.3 Å². The van der Waals surface area contributed by atoms with Crippen LogP contribution in [-0.4, -0.2) is 26.0 Å². The number of aromatic nitrogens is 4. The number of nitrogen functional groups attached to an aromatic ring is 1. The Labute approximate surface area is 147 Å². The van der Waals surface area contributed by atoms with Gasteiger partial charge in [-0.3, -0.25) is 0 Å². The molecule has 4 N–H and O–H groups in total. The molecule has 0 aliphatic heterocycles. The van der Waals surface area contributed by atoms with Crippen molar-refractivity contribution in [1.82, 2.24) is 19.9 Å². The highest BCUT2D eigenvalue weighted by molar-refractivity contribution is 5.95. The van der Waals surface area contributed by atoms with Crippen LogP contribution in [0.15, 0.2) is 24.7 Å². The number of nitrogens with zero attached hydrogens (tertiary/aromatic N) is 3. The first-order valence-corrected chi connectivity index (χ1v) is 8.35. The van der Waals surface area contributed by atoms with Crippen LogP contribution in [0.5, 0.6) is 0 Å². The van der Waals surface area contributed by atoms with E-state index in [2.05, 4.69) is 25.3 Å². The zero-order valence-electron chi connectivity index (χ0n) is 13.8. The fourth-order valence-electron chi connectivity index (χ4n) is 3.28. The molecule has 0 unspecified atom stereocenters. The summed E-state index contributed by atoms with van der Waals surface area (Å²) in [5, 5.41) is 3.59. The van der Waals surface area contributed by atoms with Gasteiger partial charge in [-0.05, 0) is 18.9 Å². The van der Waals surface area contributed by atoms with E-state index in [4.69, 9.17) is 5.73 Å². The molecule has 0 amide bonds. The number of nitrogens with two attached hydrogens (primary N) is 1. The fraction of sp³-hybridized carbons (Fsp3) is 0.353. The van der Waals surface area contributed by atoms with Crippen molar-refractivity contribution in [2.45, 2.75) is 37.9 Å². The maximum Gasteiger partial charge on any atom is 0.417 e. The Hall–Kier alpha value is -2.84. The standard InChI is InChI=1S/C17H17F3N6/c18-17(19,20)9-5-11-12(7-23-15(11)22-6-9)14-13(21)8-24-16(26-14)25-10-3-1-2-4-10/h5-8,10H,1-4,21H2,(H,22,23)(H,24,25,26). The highest BCUT2D eigenvalue weighted by Crippen LogP contribution is 2.35. The lowest BCUT2D eigenvalue weighted by Gasteiger charge is -2.13. The van der Waals surface area contributed by atoms with Gasteiger partial charge in [-0.25, -0.2) is 15.0 Å². The fourth-order valence-corrected chi connectivity index (χ4v) is 3.28. The largest absolute Gasteiger partial charge is 0.417 e. The first-order valence-electron chi connectivity index (χ1n) is 8.35. The van der Waals surface area contributed by atoms with Crippen LogP contribution >= 0.6 is 0 Å². The SMILES string of the molecule is Nc1cnc(NC2CCCC2)nc1-c1c[nH]c2ncc(C(F)(F)F)cc12. The van der Waals surface area contributed by atoms with Gasteiger partial charge >= 0.3 is 6.18 Å². The van der Waals surface area contributed by atoms with Crippen molar-refractivity contribution in [2.75, 3.05) is 11.1 Å². The summed E-state index contributed by atoms with van der Waals surface area (Å²) in [5.41, 5.74) is 6.66. The molecule has 1 aliphatic carbocycles. The predicted molar refractivity (Wildman–Crippen MR) is 92.4 cm³/mol. The van der Waals surface area contributed by atoms with E-state index in [0.717, 1.165) is 37.9 Å². The molecule has 1 saturated carbocycles. The molecular weight excluding hydrogens is 345 g/mol. The smallest absolute Gasteiger partial charge is 0.396 e. The number of hydrogen-bond donors (Lipinski definition) is 3. The van der Waals surface area contributed by atoms with Crippen LogP contribution < -0.4 is 11.1 Å². The summed E-state index contributed by atoms with van der Waals surface area (Å²) >= 11 is 0. The predicted octanol–water partition coefficient (Wildman–Crippen LogP) is 3.98. The zero-order chi connectivity index (χ0) is 18.3. The minimum absolute atomic E-state index is 0.292. The van der Waals surface area contributed by atoms with Crippen LogP contribution in [-0.2, 0) is 6.18 Å². The summed E-state index contributed by atoms with van der Waals surface area (Å²) in [6, 6.07) is 1.37. The summed E-state index contributed by atoms with van der Waals surface area (Å²) in [7, 11) is 0. The number of aromatic amines is 1. The molecule has 3 aromatic heterocycles. The number of H-pyrrole nitrogens is 1. The van der Waals surface area contributed by atoms with E-state index in [-0.39, 0.29) is 0 Å². The lowest BCUT2D eigenvalue weighted by Crippen LogP contribution is -2.17. The molecule has 0 spiro atoms. The number of alkyl halides is 3. The zero-order valence-corrected chi connectivity index (χ0v) is 13.8. The Morgan fingerprint density at radius 2 is 1.92 bits per heavy atom. The average molecular weight is 362 g/mol. The monoisotopic (exact) mass is 362 g/mol. The molecule has 0 radical (unpaired) electrons. The van der Waals surface area contributed by atoms with Crippen molar-refractivity contribution in [2.24, 2.45) is 0 Å². The molecule has 3 aromatic rings. The number of hydrogen-bond acceptors (Lipinski definition) is 5. The number of nitrogens with one attached hydrogen (secondary N) is 2. The topological polar surface area (TPSA) is 92.5 Å². The van der Waals surface area contributed by atoms with Gasteiger partial charge in [0.25, 0.3) is 0 Å².